The van der Waals surface area contributed by atoms with Gasteiger partial charge in [-0.15, -0.1) is 0 Å². The van der Waals surface area contributed by atoms with Crippen LogP contribution in [0.25, 0.3) is 5.95 Å². The highest BCUT2D eigenvalue weighted by Gasteiger charge is 2.26. The molecule has 2 aromatic rings. The van der Waals surface area contributed by atoms with Gasteiger partial charge in [-0.25, -0.2) is 4.68 Å². The molecule has 9 heteroatoms. The van der Waals surface area contributed by atoms with E-state index < -0.39 is 0 Å². The third kappa shape index (κ3) is 2.76. The van der Waals surface area contributed by atoms with Crippen molar-refractivity contribution in [1.82, 2.24) is 24.7 Å². The van der Waals surface area contributed by atoms with Gasteiger partial charge in [0.2, 0.25) is 17.8 Å². The van der Waals surface area contributed by atoms with Gasteiger partial charge in [0.05, 0.1) is 5.92 Å². The van der Waals surface area contributed by atoms with Crippen molar-refractivity contribution < 1.29 is 4.79 Å². The Morgan fingerprint density at radius 1 is 1.29 bits per heavy atom. The van der Waals surface area contributed by atoms with E-state index in [2.05, 4.69) is 20.1 Å². The first-order chi connectivity index (χ1) is 10.1. The van der Waals surface area contributed by atoms with Gasteiger partial charge in [-0.05, 0) is 18.9 Å². The summed E-state index contributed by atoms with van der Waals surface area (Å²) >= 11 is 0. The summed E-state index contributed by atoms with van der Waals surface area (Å²) < 4.78 is 1.51. The predicted molar refractivity (Wildman–Crippen MR) is 75.5 cm³/mol. The molecule has 110 valence electrons. The van der Waals surface area contributed by atoms with Crippen LogP contribution in [0.2, 0.25) is 0 Å². The number of amides is 1. The third-order valence-corrected chi connectivity index (χ3v) is 3.45. The summed E-state index contributed by atoms with van der Waals surface area (Å²) in [6.07, 6.45) is 5.00. The van der Waals surface area contributed by atoms with Gasteiger partial charge >= 0.3 is 0 Å². The van der Waals surface area contributed by atoms with E-state index in [4.69, 9.17) is 11.5 Å². The number of primary amides is 1. The third-order valence-electron chi connectivity index (χ3n) is 3.45. The zero-order valence-corrected chi connectivity index (χ0v) is 11.4. The number of piperidine rings is 1. The van der Waals surface area contributed by atoms with Crippen LogP contribution in [-0.2, 0) is 4.79 Å². The Labute approximate surface area is 121 Å². The minimum atomic E-state index is -0.297. The van der Waals surface area contributed by atoms with Crippen molar-refractivity contribution in [3.05, 3.63) is 18.5 Å². The summed E-state index contributed by atoms with van der Waals surface area (Å²) in [5.41, 5.74) is 11.1. The van der Waals surface area contributed by atoms with E-state index in [0.717, 1.165) is 19.4 Å². The average molecular weight is 288 g/mol. The Morgan fingerprint density at radius 2 is 2.10 bits per heavy atom. The molecular weight excluding hydrogens is 272 g/mol. The van der Waals surface area contributed by atoms with Gasteiger partial charge < -0.3 is 16.4 Å². The molecule has 0 aliphatic carbocycles. The first-order valence-corrected chi connectivity index (χ1v) is 6.69. The zero-order valence-electron chi connectivity index (χ0n) is 11.4. The lowest BCUT2D eigenvalue weighted by Crippen LogP contribution is -2.42. The molecule has 1 aliphatic heterocycles. The van der Waals surface area contributed by atoms with E-state index in [9.17, 15) is 4.79 Å². The molecule has 4 N–H and O–H groups in total. The maximum Gasteiger partial charge on any atom is 0.257 e. The molecular formula is C12H16N8O. The van der Waals surface area contributed by atoms with Gasteiger partial charge in [-0.1, -0.05) is 0 Å². The van der Waals surface area contributed by atoms with E-state index in [-0.39, 0.29) is 17.8 Å². The summed E-state index contributed by atoms with van der Waals surface area (Å²) in [5.74, 6) is 0.424. The molecule has 0 bridgehead atoms. The van der Waals surface area contributed by atoms with Crippen LogP contribution in [0.4, 0.5) is 11.9 Å². The Balaban J connectivity index is 1.90. The van der Waals surface area contributed by atoms with Gasteiger partial charge in [-0.3, -0.25) is 4.79 Å². The molecule has 2 aromatic heterocycles. The van der Waals surface area contributed by atoms with E-state index >= 15 is 0 Å². The molecule has 0 aromatic carbocycles. The first-order valence-electron chi connectivity index (χ1n) is 6.69. The minimum Gasteiger partial charge on any atom is -0.369 e. The van der Waals surface area contributed by atoms with Crippen LogP contribution in [-0.4, -0.2) is 43.7 Å². The van der Waals surface area contributed by atoms with Crippen LogP contribution in [0, 0.1) is 5.92 Å². The Hall–Kier alpha value is -2.71. The molecule has 1 fully saturated rings. The first kappa shape index (κ1) is 13.3. The number of anilines is 2. The maximum absolute atomic E-state index is 11.4. The molecule has 0 saturated carbocycles. The summed E-state index contributed by atoms with van der Waals surface area (Å²) in [5, 5.41) is 4.07. The van der Waals surface area contributed by atoms with Crippen LogP contribution in [0.3, 0.4) is 0 Å². The van der Waals surface area contributed by atoms with Gasteiger partial charge in [0.25, 0.3) is 5.95 Å². The summed E-state index contributed by atoms with van der Waals surface area (Å²) in [6, 6.07) is 1.77. The van der Waals surface area contributed by atoms with Crippen LogP contribution >= 0.6 is 0 Å². The van der Waals surface area contributed by atoms with Gasteiger partial charge in [0.15, 0.2) is 0 Å². The van der Waals surface area contributed by atoms with E-state index in [1.165, 1.54) is 4.68 Å². The molecule has 1 atom stereocenters. The van der Waals surface area contributed by atoms with E-state index in [1.54, 1.807) is 18.5 Å². The molecule has 1 unspecified atom stereocenters. The monoisotopic (exact) mass is 288 g/mol. The molecule has 0 radical (unpaired) electrons. The molecule has 21 heavy (non-hydrogen) atoms. The minimum absolute atomic E-state index is 0.117. The highest BCUT2D eigenvalue weighted by molar-refractivity contribution is 5.77. The number of nitrogens with two attached hydrogens (primary N) is 2. The molecule has 9 nitrogen and oxygen atoms in total. The van der Waals surface area contributed by atoms with Crippen molar-refractivity contribution in [2.45, 2.75) is 12.8 Å². The van der Waals surface area contributed by atoms with Gasteiger partial charge in [-0.2, -0.15) is 20.1 Å². The zero-order chi connectivity index (χ0) is 14.8. The number of hydrogen-bond donors (Lipinski definition) is 2. The number of nitrogens with zero attached hydrogens (tertiary/aromatic N) is 6. The second-order valence-electron chi connectivity index (χ2n) is 4.93. The number of carbonyl (C=O) groups excluding carboxylic acids is 1. The Kier molecular flexibility index (Phi) is 3.38. The molecule has 3 rings (SSSR count). The second kappa shape index (κ2) is 5.35. The van der Waals surface area contributed by atoms with Crippen molar-refractivity contribution in [2.75, 3.05) is 23.7 Å². The highest BCUT2D eigenvalue weighted by Crippen LogP contribution is 2.21. The molecule has 1 aliphatic rings. The SMILES string of the molecule is NC(=O)C1CCCN(c2nc(N)nc(-n3cccn3)n2)C1. The van der Waals surface area contributed by atoms with Crippen molar-refractivity contribution in [3.8, 4) is 5.95 Å². The van der Waals surface area contributed by atoms with Crippen molar-refractivity contribution in [1.29, 1.82) is 0 Å². The lowest BCUT2D eigenvalue weighted by Gasteiger charge is -2.31. The fourth-order valence-corrected chi connectivity index (χ4v) is 2.39. The van der Waals surface area contributed by atoms with E-state index in [0.29, 0.717) is 18.4 Å². The van der Waals surface area contributed by atoms with Crippen molar-refractivity contribution >= 4 is 17.8 Å². The summed E-state index contributed by atoms with van der Waals surface area (Å²) in [7, 11) is 0. The highest BCUT2D eigenvalue weighted by atomic mass is 16.1. The number of nitrogen functional groups attached to an aromatic ring is 1. The van der Waals surface area contributed by atoms with Crippen LogP contribution in [0.5, 0.6) is 0 Å². The number of rotatable bonds is 3. The van der Waals surface area contributed by atoms with Crippen LogP contribution in [0.15, 0.2) is 18.5 Å². The van der Waals surface area contributed by atoms with Crippen molar-refractivity contribution in [2.24, 2.45) is 11.7 Å². The van der Waals surface area contributed by atoms with Crippen LogP contribution in [0.1, 0.15) is 12.8 Å². The van der Waals surface area contributed by atoms with Crippen LogP contribution < -0.4 is 16.4 Å². The summed E-state index contributed by atoms with van der Waals surface area (Å²) in [4.78, 5) is 25.8. The summed E-state index contributed by atoms with van der Waals surface area (Å²) in [6.45, 7) is 1.25. The molecule has 0 spiro atoms. The smallest absolute Gasteiger partial charge is 0.257 e. The number of aromatic nitrogens is 5. The largest absolute Gasteiger partial charge is 0.369 e. The Bertz CT molecular complexity index is 641. The Morgan fingerprint density at radius 3 is 2.81 bits per heavy atom. The standard InChI is InChI=1S/C12H16N8O/c13-9(21)8-3-1-5-19(7-8)11-16-10(14)17-12(18-11)20-6-2-4-15-20/h2,4,6,8H,1,3,5,7H2,(H2,13,21)(H2,14,16,17,18). The van der Waals surface area contributed by atoms with Gasteiger partial charge in [0.1, 0.15) is 0 Å². The van der Waals surface area contributed by atoms with Gasteiger partial charge in [0, 0.05) is 25.5 Å². The molecule has 1 saturated heterocycles. The second-order valence-corrected chi connectivity index (χ2v) is 4.93. The maximum atomic E-state index is 11.4. The number of carbonyl (C=O) groups is 1. The average Bonchev–Trinajstić information content (AvgIpc) is 3.01. The topological polar surface area (TPSA) is 129 Å². The van der Waals surface area contributed by atoms with Crippen molar-refractivity contribution in [3.63, 3.8) is 0 Å². The number of hydrogen-bond acceptors (Lipinski definition) is 7. The lowest BCUT2D eigenvalue weighted by atomic mass is 9.98. The fourth-order valence-electron chi connectivity index (χ4n) is 2.39. The van der Waals surface area contributed by atoms with E-state index in [1.807, 2.05) is 4.90 Å². The lowest BCUT2D eigenvalue weighted by molar-refractivity contribution is -0.122. The normalized spacial score (nSPS) is 18.7. The molecule has 1 amide bonds. The predicted octanol–water partition coefficient (Wildman–Crippen LogP) is -0.659. The molecule has 3 heterocycles. The fraction of sp³-hybridized carbons (Fsp3) is 0.417. The quantitative estimate of drug-likeness (QED) is 0.767.